The van der Waals surface area contributed by atoms with Crippen LogP contribution < -0.4 is 5.32 Å². The number of hydrogen-bond donors (Lipinski definition) is 2. The SMILES string of the molecule is CCCCC(CO)(CNC(=O)OC(C)(C)C)c1ccc(C)cc1. The molecule has 0 aliphatic heterocycles. The first-order valence-electron chi connectivity index (χ1n) is 8.37. The molecular formula is C19H31NO3. The molecule has 1 aromatic carbocycles. The van der Waals surface area contributed by atoms with E-state index in [4.69, 9.17) is 4.74 Å². The molecule has 0 aliphatic rings. The normalized spacial score (nSPS) is 14.2. The molecule has 0 spiro atoms. The number of carbonyl (C=O) groups excluding carboxylic acids is 1. The van der Waals surface area contributed by atoms with E-state index in [0.717, 1.165) is 24.8 Å². The van der Waals surface area contributed by atoms with E-state index in [1.807, 2.05) is 52.0 Å². The summed E-state index contributed by atoms with van der Waals surface area (Å²) in [5.41, 5.74) is 1.23. The number of amides is 1. The van der Waals surface area contributed by atoms with Crippen molar-refractivity contribution in [1.29, 1.82) is 0 Å². The molecule has 0 heterocycles. The van der Waals surface area contributed by atoms with Gasteiger partial charge in [-0.25, -0.2) is 4.79 Å². The van der Waals surface area contributed by atoms with Crippen molar-refractivity contribution in [2.24, 2.45) is 0 Å². The van der Waals surface area contributed by atoms with Gasteiger partial charge >= 0.3 is 6.09 Å². The highest BCUT2D eigenvalue weighted by molar-refractivity contribution is 5.67. The Labute approximate surface area is 140 Å². The van der Waals surface area contributed by atoms with Crippen LogP contribution in [0.5, 0.6) is 0 Å². The summed E-state index contributed by atoms with van der Waals surface area (Å²) in [7, 11) is 0. The van der Waals surface area contributed by atoms with Gasteiger partial charge in [-0.3, -0.25) is 0 Å². The van der Waals surface area contributed by atoms with E-state index in [1.165, 1.54) is 5.56 Å². The van der Waals surface area contributed by atoms with Crippen LogP contribution >= 0.6 is 0 Å². The van der Waals surface area contributed by atoms with Crippen molar-refractivity contribution in [3.63, 3.8) is 0 Å². The molecule has 0 saturated heterocycles. The van der Waals surface area contributed by atoms with Crippen LogP contribution in [0.15, 0.2) is 24.3 Å². The number of ether oxygens (including phenoxy) is 1. The van der Waals surface area contributed by atoms with E-state index in [-0.39, 0.29) is 6.61 Å². The molecule has 1 unspecified atom stereocenters. The molecule has 1 amide bonds. The summed E-state index contributed by atoms with van der Waals surface area (Å²) in [5, 5.41) is 12.9. The Balaban J connectivity index is 2.91. The fourth-order valence-corrected chi connectivity index (χ4v) is 2.54. The van der Waals surface area contributed by atoms with Gasteiger partial charge in [0.05, 0.1) is 6.61 Å². The topological polar surface area (TPSA) is 58.6 Å². The molecular weight excluding hydrogens is 290 g/mol. The van der Waals surface area contributed by atoms with Crippen molar-refractivity contribution in [2.45, 2.75) is 64.9 Å². The Bertz CT molecular complexity index is 490. The third kappa shape index (κ3) is 6.22. The number of hydrogen-bond acceptors (Lipinski definition) is 3. The second-order valence-electron chi connectivity index (χ2n) is 7.26. The summed E-state index contributed by atoms with van der Waals surface area (Å²) in [6.45, 7) is 10.0. The number of alkyl carbamates (subject to hydrolysis) is 1. The average molecular weight is 321 g/mol. The Hall–Kier alpha value is -1.55. The summed E-state index contributed by atoms with van der Waals surface area (Å²) < 4.78 is 5.31. The minimum atomic E-state index is -0.529. The van der Waals surface area contributed by atoms with E-state index in [9.17, 15) is 9.90 Å². The number of unbranched alkanes of at least 4 members (excludes halogenated alkanes) is 1. The fraction of sp³-hybridized carbons (Fsp3) is 0.632. The second-order valence-corrected chi connectivity index (χ2v) is 7.26. The highest BCUT2D eigenvalue weighted by atomic mass is 16.6. The van der Waals surface area contributed by atoms with Gasteiger partial charge in [0.2, 0.25) is 0 Å². The number of rotatable bonds is 7. The lowest BCUT2D eigenvalue weighted by Gasteiger charge is -2.33. The molecule has 0 bridgehead atoms. The van der Waals surface area contributed by atoms with Crippen LogP contribution in [-0.2, 0) is 10.2 Å². The lowest BCUT2D eigenvalue weighted by Crippen LogP contribution is -2.45. The van der Waals surface area contributed by atoms with E-state index < -0.39 is 17.1 Å². The predicted molar refractivity (Wildman–Crippen MR) is 93.7 cm³/mol. The molecule has 1 aromatic rings. The van der Waals surface area contributed by atoms with Gasteiger partial charge in [0.25, 0.3) is 0 Å². The van der Waals surface area contributed by atoms with Crippen molar-refractivity contribution in [3.8, 4) is 0 Å². The van der Waals surface area contributed by atoms with E-state index in [0.29, 0.717) is 6.54 Å². The lowest BCUT2D eigenvalue weighted by molar-refractivity contribution is 0.0500. The molecule has 0 aliphatic carbocycles. The maximum atomic E-state index is 12.0. The van der Waals surface area contributed by atoms with Gasteiger partial charge in [0.1, 0.15) is 5.60 Å². The van der Waals surface area contributed by atoms with Crippen molar-refractivity contribution in [2.75, 3.05) is 13.2 Å². The third-order valence-electron chi connectivity index (χ3n) is 3.95. The van der Waals surface area contributed by atoms with Crippen LogP contribution in [0.1, 0.15) is 58.1 Å². The van der Waals surface area contributed by atoms with Gasteiger partial charge < -0.3 is 15.2 Å². The van der Waals surface area contributed by atoms with Gasteiger partial charge in [-0.2, -0.15) is 0 Å². The Morgan fingerprint density at radius 1 is 1.22 bits per heavy atom. The number of nitrogens with one attached hydrogen (secondary N) is 1. The van der Waals surface area contributed by atoms with E-state index >= 15 is 0 Å². The van der Waals surface area contributed by atoms with Gasteiger partial charge in [-0.05, 0) is 39.7 Å². The standard InChI is InChI=1S/C19H31NO3/c1-6-7-12-19(14-21,16-10-8-15(2)9-11-16)13-20-17(22)23-18(3,4)5/h8-11,21H,6-7,12-14H2,1-5H3,(H,20,22). The molecule has 0 radical (unpaired) electrons. The zero-order chi connectivity index (χ0) is 17.5. The maximum Gasteiger partial charge on any atom is 0.407 e. The predicted octanol–water partition coefficient (Wildman–Crippen LogP) is 3.94. The highest BCUT2D eigenvalue weighted by Crippen LogP contribution is 2.30. The number of aliphatic hydroxyl groups is 1. The molecule has 0 aromatic heterocycles. The smallest absolute Gasteiger partial charge is 0.407 e. The van der Waals surface area contributed by atoms with Gasteiger partial charge in [0.15, 0.2) is 0 Å². The van der Waals surface area contributed by atoms with Crippen LogP contribution in [0.2, 0.25) is 0 Å². The first kappa shape index (κ1) is 19.5. The Morgan fingerprint density at radius 3 is 2.30 bits per heavy atom. The van der Waals surface area contributed by atoms with Crippen molar-refractivity contribution < 1.29 is 14.6 Å². The van der Waals surface area contributed by atoms with Gasteiger partial charge in [-0.15, -0.1) is 0 Å². The first-order valence-corrected chi connectivity index (χ1v) is 8.37. The average Bonchev–Trinajstić information content (AvgIpc) is 2.47. The fourth-order valence-electron chi connectivity index (χ4n) is 2.54. The van der Waals surface area contributed by atoms with Gasteiger partial charge in [0, 0.05) is 12.0 Å². The summed E-state index contributed by atoms with van der Waals surface area (Å²) in [5.74, 6) is 0. The van der Waals surface area contributed by atoms with Crippen LogP contribution in [0.4, 0.5) is 4.79 Å². The lowest BCUT2D eigenvalue weighted by atomic mass is 9.76. The molecule has 130 valence electrons. The van der Waals surface area contributed by atoms with Crippen molar-refractivity contribution >= 4 is 6.09 Å². The van der Waals surface area contributed by atoms with Crippen LogP contribution in [-0.4, -0.2) is 30.0 Å². The molecule has 0 saturated carbocycles. The molecule has 1 atom stereocenters. The summed E-state index contributed by atoms with van der Waals surface area (Å²) >= 11 is 0. The molecule has 23 heavy (non-hydrogen) atoms. The molecule has 0 fully saturated rings. The van der Waals surface area contributed by atoms with Crippen molar-refractivity contribution in [1.82, 2.24) is 5.32 Å². The largest absolute Gasteiger partial charge is 0.444 e. The summed E-state index contributed by atoms with van der Waals surface area (Å²) in [6, 6.07) is 8.16. The zero-order valence-corrected chi connectivity index (χ0v) is 15.1. The number of aliphatic hydroxyl groups excluding tert-OH is 1. The summed E-state index contributed by atoms with van der Waals surface area (Å²) in [4.78, 5) is 12.0. The number of aryl methyl sites for hydroxylation is 1. The van der Waals surface area contributed by atoms with E-state index in [1.54, 1.807) is 0 Å². The number of carbonyl (C=O) groups is 1. The minimum absolute atomic E-state index is 0.00808. The van der Waals surface area contributed by atoms with Crippen molar-refractivity contribution in [3.05, 3.63) is 35.4 Å². The van der Waals surface area contributed by atoms with Gasteiger partial charge in [-0.1, -0.05) is 49.6 Å². The zero-order valence-electron chi connectivity index (χ0n) is 15.1. The molecule has 4 heteroatoms. The Kier molecular flexibility index (Phi) is 7.07. The molecule has 2 N–H and O–H groups in total. The van der Waals surface area contributed by atoms with E-state index in [2.05, 4.69) is 12.2 Å². The van der Waals surface area contributed by atoms with Crippen LogP contribution in [0.25, 0.3) is 0 Å². The molecule has 4 nitrogen and oxygen atoms in total. The quantitative estimate of drug-likeness (QED) is 0.799. The highest BCUT2D eigenvalue weighted by Gasteiger charge is 2.32. The monoisotopic (exact) mass is 321 g/mol. The van der Waals surface area contributed by atoms with Crippen LogP contribution in [0, 0.1) is 6.92 Å². The molecule has 1 rings (SSSR count). The van der Waals surface area contributed by atoms with Crippen LogP contribution in [0.3, 0.4) is 0 Å². The maximum absolute atomic E-state index is 12.0. The Morgan fingerprint density at radius 2 is 1.83 bits per heavy atom. The minimum Gasteiger partial charge on any atom is -0.444 e. The second kappa shape index (κ2) is 8.34. The summed E-state index contributed by atoms with van der Waals surface area (Å²) in [6.07, 6.45) is 2.41. The number of benzene rings is 1. The first-order chi connectivity index (χ1) is 10.7. The third-order valence-corrected chi connectivity index (χ3v) is 3.95.